The molecule has 1 aromatic carbocycles. The standard InChI is InChI=1S/C11H12Br2FNO/c1-6-4-8(14)7(12)5-9(6)15-10(16)11(2,3)13/h4-5H,1-3H3,(H,15,16). The largest absolute Gasteiger partial charge is 0.325 e. The molecule has 0 radical (unpaired) electrons. The van der Waals surface area contributed by atoms with Crippen molar-refractivity contribution in [2.24, 2.45) is 0 Å². The average Bonchev–Trinajstić information content (AvgIpc) is 2.12. The van der Waals surface area contributed by atoms with E-state index in [1.54, 1.807) is 26.8 Å². The number of carbonyl (C=O) groups is 1. The molecule has 0 aliphatic carbocycles. The van der Waals surface area contributed by atoms with Gasteiger partial charge in [-0.1, -0.05) is 15.9 Å². The Balaban J connectivity index is 2.99. The zero-order chi connectivity index (χ0) is 12.5. The summed E-state index contributed by atoms with van der Waals surface area (Å²) in [5, 5.41) is 2.74. The molecule has 1 N–H and O–H groups in total. The van der Waals surface area contributed by atoms with Crippen molar-refractivity contribution in [2.75, 3.05) is 5.32 Å². The van der Waals surface area contributed by atoms with Crippen LogP contribution in [0.25, 0.3) is 0 Å². The van der Waals surface area contributed by atoms with E-state index in [9.17, 15) is 9.18 Å². The van der Waals surface area contributed by atoms with E-state index in [1.807, 2.05) is 0 Å². The smallest absolute Gasteiger partial charge is 0.240 e. The summed E-state index contributed by atoms with van der Waals surface area (Å²) in [5.74, 6) is -0.511. The van der Waals surface area contributed by atoms with Crippen LogP contribution in [-0.4, -0.2) is 10.2 Å². The highest BCUT2D eigenvalue weighted by molar-refractivity contribution is 9.10. The summed E-state index contributed by atoms with van der Waals surface area (Å²) in [4.78, 5) is 11.7. The van der Waals surface area contributed by atoms with Crippen LogP contribution in [-0.2, 0) is 4.79 Å². The molecule has 0 spiro atoms. The first-order chi connectivity index (χ1) is 7.21. The molecule has 0 aliphatic rings. The number of hydrogen-bond acceptors (Lipinski definition) is 1. The summed E-state index contributed by atoms with van der Waals surface area (Å²) in [6.45, 7) is 5.23. The average molecular weight is 353 g/mol. The normalized spacial score (nSPS) is 11.4. The van der Waals surface area contributed by atoms with Crippen LogP contribution in [0.1, 0.15) is 19.4 Å². The number of alkyl halides is 1. The molecule has 16 heavy (non-hydrogen) atoms. The van der Waals surface area contributed by atoms with Crippen LogP contribution in [0.2, 0.25) is 0 Å². The lowest BCUT2D eigenvalue weighted by Crippen LogP contribution is -2.31. The fraction of sp³-hybridized carbons (Fsp3) is 0.364. The van der Waals surface area contributed by atoms with Gasteiger partial charge in [-0.25, -0.2) is 4.39 Å². The van der Waals surface area contributed by atoms with Crippen molar-refractivity contribution in [3.05, 3.63) is 28.0 Å². The molecule has 0 aromatic heterocycles. The van der Waals surface area contributed by atoms with E-state index in [0.717, 1.165) is 0 Å². The topological polar surface area (TPSA) is 29.1 Å². The molecule has 0 saturated heterocycles. The van der Waals surface area contributed by atoms with Gasteiger partial charge in [0.2, 0.25) is 5.91 Å². The van der Waals surface area contributed by atoms with Crippen LogP contribution < -0.4 is 5.32 Å². The highest BCUT2D eigenvalue weighted by Crippen LogP contribution is 2.26. The van der Waals surface area contributed by atoms with Gasteiger partial charge in [-0.3, -0.25) is 4.79 Å². The predicted octanol–water partition coefficient (Wildman–Crippen LogP) is 4.01. The van der Waals surface area contributed by atoms with Gasteiger partial charge in [0.25, 0.3) is 0 Å². The van der Waals surface area contributed by atoms with Crippen molar-refractivity contribution in [1.82, 2.24) is 0 Å². The minimum Gasteiger partial charge on any atom is -0.325 e. The lowest BCUT2D eigenvalue weighted by atomic mass is 10.1. The van der Waals surface area contributed by atoms with E-state index in [4.69, 9.17) is 0 Å². The van der Waals surface area contributed by atoms with Crippen molar-refractivity contribution in [2.45, 2.75) is 25.1 Å². The maximum absolute atomic E-state index is 13.2. The van der Waals surface area contributed by atoms with Gasteiger partial charge in [-0.2, -0.15) is 0 Å². The molecule has 0 heterocycles. The third kappa shape index (κ3) is 3.28. The second-order valence-corrected chi connectivity index (χ2v) is 6.84. The summed E-state index contributed by atoms with van der Waals surface area (Å²) in [5.41, 5.74) is 1.29. The predicted molar refractivity (Wildman–Crippen MR) is 70.5 cm³/mol. The van der Waals surface area contributed by atoms with Gasteiger partial charge in [0.15, 0.2) is 0 Å². The molecule has 0 saturated carbocycles. The first-order valence-electron chi connectivity index (χ1n) is 4.68. The monoisotopic (exact) mass is 351 g/mol. The summed E-state index contributed by atoms with van der Waals surface area (Å²) in [6.07, 6.45) is 0. The summed E-state index contributed by atoms with van der Waals surface area (Å²) in [6, 6.07) is 2.93. The lowest BCUT2D eigenvalue weighted by molar-refractivity contribution is -0.117. The van der Waals surface area contributed by atoms with Crippen molar-refractivity contribution < 1.29 is 9.18 Å². The van der Waals surface area contributed by atoms with E-state index >= 15 is 0 Å². The number of amides is 1. The highest BCUT2D eigenvalue weighted by Gasteiger charge is 2.24. The quantitative estimate of drug-likeness (QED) is 0.800. The summed E-state index contributed by atoms with van der Waals surface area (Å²) < 4.78 is 12.8. The van der Waals surface area contributed by atoms with Crippen molar-refractivity contribution in [3.63, 3.8) is 0 Å². The zero-order valence-electron chi connectivity index (χ0n) is 9.20. The number of aryl methyl sites for hydroxylation is 1. The van der Waals surface area contributed by atoms with Gasteiger partial charge in [-0.05, 0) is 54.4 Å². The Morgan fingerprint density at radius 3 is 2.50 bits per heavy atom. The van der Waals surface area contributed by atoms with E-state index < -0.39 is 4.32 Å². The van der Waals surface area contributed by atoms with E-state index in [-0.39, 0.29) is 11.7 Å². The number of hydrogen-bond donors (Lipinski definition) is 1. The highest BCUT2D eigenvalue weighted by atomic mass is 79.9. The zero-order valence-corrected chi connectivity index (χ0v) is 12.4. The first-order valence-corrected chi connectivity index (χ1v) is 6.26. The second-order valence-electron chi connectivity index (χ2n) is 4.01. The van der Waals surface area contributed by atoms with Crippen LogP contribution in [0, 0.1) is 12.7 Å². The van der Waals surface area contributed by atoms with Gasteiger partial charge in [0, 0.05) is 5.69 Å². The number of carbonyl (C=O) groups excluding carboxylic acids is 1. The summed E-state index contributed by atoms with van der Waals surface area (Å²) in [7, 11) is 0. The van der Waals surface area contributed by atoms with Crippen LogP contribution in [0.4, 0.5) is 10.1 Å². The maximum Gasteiger partial charge on any atom is 0.240 e. The number of nitrogens with one attached hydrogen (secondary N) is 1. The Hall–Kier alpha value is -0.420. The Kier molecular flexibility index (Phi) is 4.12. The molecule has 0 aliphatic heterocycles. The van der Waals surface area contributed by atoms with Crippen molar-refractivity contribution >= 4 is 43.5 Å². The molecule has 1 rings (SSSR count). The van der Waals surface area contributed by atoms with Crippen LogP contribution in [0.15, 0.2) is 16.6 Å². The molecule has 0 unspecified atom stereocenters. The van der Waals surface area contributed by atoms with Crippen molar-refractivity contribution in [1.29, 1.82) is 0 Å². The number of benzene rings is 1. The molecule has 5 heteroatoms. The second kappa shape index (κ2) is 4.84. The van der Waals surface area contributed by atoms with Gasteiger partial charge in [0.1, 0.15) is 5.82 Å². The van der Waals surface area contributed by atoms with Gasteiger partial charge in [-0.15, -0.1) is 0 Å². The molecule has 0 fully saturated rings. The van der Waals surface area contributed by atoms with Gasteiger partial charge >= 0.3 is 0 Å². The molecule has 88 valence electrons. The number of halogens is 3. The van der Waals surface area contributed by atoms with E-state index in [1.165, 1.54) is 6.07 Å². The molecule has 1 aromatic rings. The SMILES string of the molecule is Cc1cc(F)c(Br)cc1NC(=O)C(C)(C)Br. The van der Waals surface area contributed by atoms with Gasteiger partial charge < -0.3 is 5.32 Å². The molecule has 2 nitrogen and oxygen atoms in total. The van der Waals surface area contributed by atoms with Crippen molar-refractivity contribution in [3.8, 4) is 0 Å². The first kappa shape index (κ1) is 13.6. The molecule has 1 amide bonds. The fourth-order valence-corrected chi connectivity index (χ4v) is 1.49. The van der Waals surface area contributed by atoms with Crippen LogP contribution in [0.3, 0.4) is 0 Å². The van der Waals surface area contributed by atoms with Crippen LogP contribution in [0.5, 0.6) is 0 Å². The van der Waals surface area contributed by atoms with E-state index in [0.29, 0.717) is 15.7 Å². The Bertz CT molecular complexity index is 427. The fourth-order valence-electron chi connectivity index (χ4n) is 1.05. The molecule has 0 bridgehead atoms. The minimum absolute atomic E-state index is 0.172. The summed E-state index contributed by atoms with van der Waals surface area (Å²) >= 11 is 6.34. The maximum atomic E-state index is 13.2. The third-order valence-electron chi connectivity index (χ3n) is 2.06. The molecular formula is C11H12Br2FNO. The molecule has 0 atom stereocenters. The van der Waals surface area contributed by atoms with Crippen LogP contribution >= 0.6 is 31.9 Å². The Morgan fingerprint density at radius 2 is 2.00 bits per heavy atom. The minimum atomic E-state index is -0.652. The van der Waals surface area contributed by atoms with E-state index in [2.05, 4.69) is 37.2 Å². The number of rotatable bonds is 2. The third-order valence-corrected chi connectivity index (χ3v) is 3.02. The number of anilines is 1. The Labute approximate surface area is 111 Å². The molecular weight excluding hydrogens is 341 g/mol. The lowest BCUT2D eigenvalue weighted by Gasteiger charge is -2.17. The van der Waals surface area contributed by atoms with Gasteiger partial charge in [0.05, 0.1) is 8.80 Å². The Morgan fingerprint density at radius 1 is 1.44 bits per heavy atom.